The van der Waals surface area contributed by atoms with E-state index < -0.39 is 18.0 Å². The summed E-state index contributed by atoms with van der Waals surface area (Å²) in [5.74, 6) is -1.56. The molecule has 1 saturated carbocycles. The fourth-order valence-corrected chi connectivity index (χ4v) is 4.67. The van der Waals surface area contributed by atoms with Gasteiger partial charge in [-0.05, 0) is 53.8 Å². The van der Waals surface area contributed by atoms with Crippen LogP contribution in [0.1, 0.15) is 51.9 Å². The lowest BCUT2D eigenvalue weighted by Crippen LogP contribution is -2.44. The van der Waals surface area contributed by atoms with Gasteiger partial charge in [-0.2, -0.15) is 0 Å². The Balaban J connectivity index is 1.39. The zero-order chi connectivity index (χ0) is 25.3. The molecule has 9 nitrogen and oxygen atoms in total. The van der Waals surface area contributed by atoms with Gasteiger partial charge in [0.1, 0.15) is 5.78 Å². The number of Topliss-reactive ketones (excluding diaryl/α,β-unsaturated/α-hetero) is 2. The summed E-state index contributed by atoms with van der Waals surface area (Å²) in [4.78, 5) is 61.8. The molecule has 2 aromatic carbocycles. The number of fused-ring (bicyclic) bond motifs is 1. The average molecular weight is 498 g/mol. The molecular weight excluding hydrogens is 474 g/mol. The molecule has 1 fully saturated rings. The highest BCUT2D eigenvalue weighted by molar-refractivity contribution is 6.31. The first-order chi connectivity index (χ1) is 16.6. The summed E-state index contributed by atoms with van der Waals surface area (Å²) < 4.78 is 0. The van der Waals surface area contributed by atoms with Gasteiger partial charge in [-0.25, -0.2) is 4.79 Å². The Morgan fingerprint density at radius 3 is 2.66 bits per heavy atom. The first kappa shape index (κ1) is 24.4. The summed E-state index contributed by atoms with van der Waals surface area (Å²) in [7, 11) is 0. The first-order valence-corrected chi connectivity index (χ1v) is 11.5. The maximum absolute atomic E-state index is 13.0. The molecule has 0 radical (unpaired) electrons. The number of aliphatic carboxylic acids is 1. The second-order valence-electron chi connectivity index (χ2n) is 8.78. The number of carbonyl (C=O) groups excluding carboxylic acids is 4. The fourth-order valence-electron chi connectivity index (χ4n) is 4.43. The number of anilines is 1. The number of carboxylic acid groups (broad SMARTS) is 1. The molecule has 0 saturated heterocycles. The van der Waals surface area contributed by atoms with Gasteiger partial charge in [0, 0.05) is 35.8 Å². The summed E-state index contributed by atoms with van der Waals surface area (Å²) in [6, 6.07) is 7.32. The number of amides is 3. The lowest BCUT2D eigenvalue weighted by molar-refractivity contribution is -0.136. The lowest BCUT2D eigenvalue weighted by atomic mass is 9.92. The SMILES string of the molecule is Cc1c(Cl)cc(NC(=O)NCc2ccc3c(c2)C(=O)N(C2CCC(=O)CC2=O)C3)cc1CC(=O)O. The molecule has 1 aliphatic carbocycles. The molecule has 1 heterocycles. The van der Waals surface area contributed by atoms with Crippen molar-refractivity contribution in [2.24, 2.45) is 0 Å². The Morgan fingerprint density at radius 2 is 1.94 bits per heavy atom. The highest BCUT2D eigenvalue weighted by Gasteiger charge is 2.38. The van der Waals surface area contributed by atoms with Crippen molar-refractivity contribution in [1.29, 1.82) is 0 Å². The second kappa shape index (κ2) is 9.87. The van der Waals surface area contributed by atoms with Crippen LogP contribution in [0.2, 0.25) is 5.02 Å². The summed E-state index contributed by atoms with van der Waals surface area (Å²) in [5.41, 5.74) is 3.49. The molecule has 10 heteroatoms. The smallest absolute Gasteiger partial charge is 0.319 e. The predicted octanol–water partition coefficient (Wildman–Crippen LogP) is 3.24. The minimum absolute atomic E-state index is 0.0898. The molecule has 1 unspecified atom stereocenters. The van der Waals surface area contributed by atoms with Gasteiger partial charge in [0.05, 0.1) is 18.9 Å². The second-order valence-corrected chi connectivity index (χ2v) is 9.19. The van der Waals surface area contributed by atoms with Crippen LogP contribution in [-0.4, -0.2) is 45.5 Å². The number of halogens is 1. The van der Waals surface area contributed by atoms with E-state index in [2.05, 4.69) is 10.6 Å². The highest BCUT2D eigenvalue weighted by atomic mass is 35.5. The van der Waals surface area contributed by atoms with E-state index in [0.717, 1.165) is 5.56 Å². The Hall–Kier alpha value is -3.72. The van der Waals surface area contributed by atoms with Gasteiger partial charge in [-0.1, -0.05) is 23.7 Å². The van der Waals surface area contributed by atoms with Crippen LogP contribution < -0.4 is 10.6 Å². The molecule has 182 valence electrons. The minimum atomic E-state index is -1.00. The van der Waals surface area contributed by atoms with E-state index in [-0.39, 0.29) is 36.9 Å². The van der Waals surface area contributed by atoms with E-state index in [0.29, 0.717) is 52.4 Å². The third kappa shape index (κ3) is 5.35. The molecule has 0 bridgehead atoms. The van der Waals surface area contributed by atoms with Crippen molar-refractivity contribution in [2.45, 2.75) is 51.7 Å². The standard InChI is InChI=1S/C25H24ClN3O6/c1-13-16(8-23(32)33)7-17(9-20(13)26)28-25(35)27-11-14-2-3-15-12-29(24(34)19(15)6-14)21-5-4-18(30)10-22(21)31/h2-3,6-7,9,21H,4-5,8,10-12H2,1H3,(H,32,33)(H2,27,28,35). The van der Waals surface area contributed by atoms with Crippen LogP contribution in [0.25, 0.3) is 0 Å². The zero-order valence-corrected chi connectivity index (χ0v) is 19.8. The van der Waals surface area contributed by atoms with E-state index in [1.807, 2.05) is 0 Å². The van der Waals surface area contributed by atoms with Gasteiger partial charge in [0.2, 0.25) is 0 Å². The number of hydrogen-bond donors (Lipinski definition) is 3. The minimum Gasteiger partial charge on any atom is -0.481 e. The lowest BCUT2D eigenvalue weighted by Gasteiger charge is -2.29. The molecule has 2 aromatic rings. The molecule has 4 rings (SSSR count). The normalized spacial score (nSPS) is 17.4. The first-order valence-electron chi connectivity index (χ1n) is 11.1. The van der Waals surface area contributed by atoms with Crippen LogP contribution in [0.5, 0.6) is 0 Å². The molecule has 2 aliphatic rings. The van der Waals surface area contributed by atoms with E-state index in [9.17, 15) is 24.0 Å². The molecule has 3 N–H and O–H groups in total. The fraction of sp³-hybridized carbons (Fsp3) is 0.320. The van der Waals surface area contributed by atoms with Crippen LogP contribution >= 0.6 is 11.6 Å². The molecule has 35 heavy (non-hydrogen) atoms. The molecule has 0 spiro atoms. The Kier molecular flexibility index (Phi) is 6.88. The molecule has 0 aromatic heterocycles. The van der Waals surface area contributed by atoms with Crippen LogP contribution in [0.4, 0.5) is 10.5 Å². The van der Waals surface area contributed by atoms with E-state index >= 15 is 0 Å². The van der Waals surface area contributed by atoms with Crippen molar-refractivity contribution in [2.75, 3.05) is 5.32 Å². The van der Waals surface area contributed by atoms with Gasteiger partial charge in [0.25, 0.3) is 5.91 Å². The molecule has 3 amide bonds. The van der Waals surface area contributed by atoms with Crippen molar-refractivity contribution in [3.63, 3.8) is 0 Å². The highest BCUT2D eigenvalue weighted by Crippen LogP contribution is 2.30. The van der Waals surface area contributed by atoms with Gasteiger partial charge in [-0.3, -0.25) is 19.2 Å². The number of carboxylic acids is 1. The summed E-state index contributed by atoms with van der Waals surface area (Å²) in [6.45, 7) is 2.18. The number of benzene rings is 2. The van der Waals surface area contributed by atoms with Crippen LogP contribution in [-0.2, 0) is 33.9 Å². The molecule has 1 aliphatic heterocycles. The van der Waals surface area contributed by atoms with Crippen molar-refractivity contribution in [3.05, 3.63) is 63.2 Å². The Bertz CT molecular complexity index is 1260. The van der Waals surface area contributed by atoms with Crippen LogP contribution in [0.15, 0.2) is 30.3 Å². The van der Waals surface area contributed by atoms with E-state index in [4.69, 9.17) is 16.7 Å². The van der Waals surface area contributed by atoms with Crippen molar-refractivity contribution >= 4 is 46.8 Å². The maximum atomic E-state index is 13.0. The quantitative estimate of drug-likeness (QED) is 0.525. The van der Waals surface area contributed by atoms with E-state index in [1.54, 1.807) is 37.3 Å². The third-order valence-corrected chi connectivity index (χ3v) is 6.72. The van der Waals surface area contributed by atoms with Gasteiger partial charge in [-0.15, -0.1) is 0 Å². The van der Waals surface area contributed by atoms with Crippen molar-refractivity contribution in [3.8, 4) is 0 Å². The van der Waals surface area contributed by atoms with E-state index in [1.165, 1.54) is 4.90 Å². The topological polar surface area (TPSA) is 133 Å². The predicted molar refractivity (Wildman–Crippen MR) is 127 cm³/mol. The number of nitrogens with one attached hydrogen (secondary N) is 2. The zero-order valence-electron chi connectivity index (χ0n) is 19.0. The van der Waals surface area contributed by atoms with Crippen molar-refractivity contribution < 1.29 is 29.1 Å². The number of nitrogens with zero attached hydrogens (tertiary/aromatic N) is 1. The summed E-state index contributed by atoms with van der Waals surface area (Å²) in [6.07, 6.45) is 0.304. The van der Waals surface area contributed by atoms with Crippen molar-refractivity contribution in [1.82, 2.24) is 10.2 Å². The number of carbonyl (C=O) groups is 5. The Labute approximate surface area is 206 Å². The van der Waals surface area contributed by atoms with Crippen LogP contribution in [0.3, 0.4) is 0 Å². The Morgan fingerprint density at radius 1 is 1.17 bits per heavy atom. The number of ketones is 2. The third-order valence-electron chi connectivity index (χ3n) is 6.33. The average Bonchev–Trinajstić information content (AvgIpc) is 3.11. The largest absolute Gasteiger partial charge is 0.481 e. The number of hydrogen-bond acceptors (Lipinski definition) is 5. The number of urea groups is 1. The van der Waals surface area contributed by atoms with Gasteiger partial charge < -0.3 is 20.6 Å². The van der Waals surface area contributed by atoms with Gasteiger partial charge in [0.15, 0.2) is 5.78 Å². The maximum Gasteiger partial charge on any atom is 0.319 e. The summed E-state index contributed by atoms with van der Waals surface area (Å²) in [5, 5.41) is 14.8. The molecule has 1 atom stereocenters. The molecular formula is C25H24ClN3O6. The number of rotatable bonds is 6. The summed E-state index contributed by atoms with van der Waals surface area (Å²) >= 11 is 6.17. The van der Waals surface area contributed by atoms with Crippen LogP contribution in [0, 0.1) is 6.92 Å². The van der Waals surface area contributed by atoms with Gasteiger partial charge >= 0.3 is 12.0 Å². The monoisotopic (exact) mass is 497 g/mol.